The number of carbonyl (C=O) groups is 1. The Labute approximate surface area is 127 Å². The fourth-order valence-corrected chi connectivity index (χ4v) is 2.83. The zero-order chi connectivity index (χ0) is 15.2. The Bertz CT molecular complexity index is 467. The second-order valence-electron chi connectivity index (χ2n) is 5.94. The topological polar surface area (TPSA) is 48.5 Å². The highest BCUT2D eigenvalue weighted by atomic mass is 16.2. The molecule has 1 saturated heterocycles. The van der Waals surface area contributed by atoms with Crippen molar-refractivity contribution in [2.45, 2.75) is 19.8 Å². The second kappa shape index (κ2) is 7.41. The van der Waals surface area contributed by atoms with Crippen molar-refractivity contribution in [3.05, 3.63) is 23.9 Å². The molecule has 1 aliphatic heterocycles. The Kier molecular flexibility index (Phi) is 5.56. The number of hydrogen-bond donors (Lipinski definition) is 1. The lowest BCUT2D eigenvalue weighted by atomic mass is 9.96. The SMILES string of the molecule is CCNc1cccc(C(=O)N2CCC(CN(C)C)CC2)n1. The normalized spacial score (nSPS) is 16.3. The van der Waals surface area contributed by atoms with Crippen LogP contribution in [-0.4, -0.2) is 61.0 Å². The quantitative estimate of drug-likeness (QED) is 0.900. The lowest BCUT2D eigenvalue weighted by molar-refractivity contribution is 0.0672. The summed E-state index contributed by atoms with van der Waals surface area (Å²) in [7, 11) is 4.21. The standard InChI is InChI=1S/C16H26N4O/c1-4-17-15-7-5-6-14(18-15)16(21)20-10-8-13(9-11-20)12-19(2)3/h5-7,13H,4,8-12H2,1-3H3,(H,17,18). The molecule has 0 bridgehead atoms. The number of aromatic nitrogens is 1. The van der Waals surface area contributed by atoms with Gasteiger partial charge in [0.15, 0.2) is 0 Å². The molecule has 5 nitrogen and oxygen atoms in total. The van der Waals surface area contributed by atoms with Crippen molar-refractivity contribution in [2.75, 3.05) is 45.6 Å². The molecule has 0 spiro atoms. The average Bonchev–Trinajstić information content (AvgIpc) is 2.47. The number of nitrogens with one attached hydrogen (secondary N) is 1. The fraction of sp³-hybridized carbons (Fsp3) is 0.625. The Morgan fingerprint density at radius 1 is 1.38 bits per heavy atom. The molecule has 0 saturated carbocycles. The summed E-state index contributed by atoms with van der Waals surface area (Å²) in [5.41, 5.74) is 0.541. The molecule has 1 aromatic rings. The molecule has 2 heterocycles. The number of amides is 1. The van der Waals surface area contributed by atoms with Crippen LogP contribution in [0.3, 0.4) is 0 Å². The predicted octanol–water partition coefficient (Wildman–Crippen LogP) is 1.93. The minimum atomic E-state index is 0.0538. The molecule has 0 unspecified atom stereocenters. The third-order valence-electron chi connectivity index (χ3n) is 3.85. The van der Waals surface area contributed by atoms with E-state index in [0.29, 0.717) is 11.6 Å². The minimum Gasteiger partial charge on any atom is -0.370 e. The van der Waals surface area contributed by atoms with Gasteiger partial charge in [0.2, 0.25) is 0 Å². The number of rotatable bonds is 5. The maximum absolute atomic E-state index is 12.5. The highest BCUT2D eigenvalue weighted by Gasteiger charge is 2.24. The Hall–Kier alpha value is -1.62. The summed E-state index contributed by atoms with van der Waals surface area (Å²) in [6, 6.07) is 5.58. The van der Waals surface area contributed by atoms with E-state index in [-0.39, 0.29) is 5.91 Å². The van der Waals surface area contributed by atoms with Crippen LogP contribution in [0.4, 0.5) is 5.82 Å². The van der Waals surface area contributed by atoms with Gasteiger partial charge in [-0.15, -0.1) is 0 Å². The molecule has 5 heteroatoms. The van der Waals surface area contributed by atoms with Gasteiger partial charge in [-0.25, -0.2) is 4.98 Å². The van der Waals surface area contributed by atoms with Crippen molar-refractivity contribution in [2.24, 2.45) is 5.92 Å². The zero-order valence-electron chi connectivity index (χ0n) is 13.3. The molecule has 1 N–H and O–H groups in total. The van der Waals surface area contributed by atoms with Crippen LogP contribution >= 0.6 is 0 Å². The number of carbonyl (C=O) groups excluding carboxylic acids is 1. The Balaban J connectivity index is 1.94. The predicted molar refractivity (Wildman–Crippen MR) is 85.6 cm³/mol. The van der Waals surface area contributed by atoms with Crippen molar-refractivity contribution in [1.82, 2.24) is 14.8 Å². The van der Waals surface area contributed by atoms with E-state index in [2.05, 4.69) is 29.3 Å². The summed E-state index contributed by atoms with van der Waals surface area (Å²) in [4.78, 5) is 21.1. The van der Waals surface area contributed by atoms with Crippen molar-refractivity contribution in [3.63, 3.8) is 0 Å². The van der Waals surface area contributed by atoms with E-state index in [4.69, 9.17) is 0 Å². The molecule has 0 atom stereocenters. The van der Waals surface area contributed by atoms with E-state index in [1.807, 2.05) is 24.0 Å². The van der Waals surface area contributed by atoms with Gasteiger partial charge < -0.3 is 15.1 Å². The summed E-state index contributed by atoms with van der Waals surface area (Å²) >= 11 is 0. The van der Waals surface area contributed by atoms with E-state index in [0.717, 1.165) is 44.8 Å². The molecule has 1 aliphatic rings. The summed E-state index contributed by atoms with van der Waals surface area (Å²) in [6.07, 6.45) is 2.16. The van der Waals surface area contributed by atoms with Crippen molar-refractivity contribution < 1.29 is 4.79 Å². The van der Waals surface area contributed by atoms with Crippen molar-refractivity contribution in [1.29, 1.82) is 0 Å². The van der Waals surface area contributed by atoms with Crippen LogP contribution in [0.2, 0.25) is 0 Å². The zero-order valence-corrected chi connectivity index (χ0v) is 13.3. The van der Waals surface area contributed by atoms with Gasteiger partial charge in [0.05, 0.1) is 0 Å². The minimum absolute atomic E-state index is 0.0538. The monoisotopic (exact) mass is 290 g/mol. The van der Waals surface area contributed by atoms with E-state index in [1.54, 1.807) is 6.07 Å². The molecule has 21 heavy (non-hydrogen) atoms. The van der Waals surface area contributed by atoms with Gasteiger partial charge in [-0.1, -0.05) is 6.07 Å². The van der Waals surface area contributed by atoms with Gasteiger partial charge >= 0.3 is 0 Å². The first-order valence-corrected chi connectivity index (χ1v) is 7.75. The largest absolute Gasteiger partial charge is 0.370 e. The average molecular weight is 290 g/mol. The van der Waals surface area contributed by atoms with Gasteiger partial charge in [0.25, 0.3) is 5.91 Å². The number of anilines is 1. The van der Waals surface area contributed by atoms with Crippen LogP contribution in [0.1, 0.15) is 30.3 Å². The molecule has 0 aliphatic carbocycles. The number of likely N-dealkylation sites (tertiary alicyclic amines) is 1. The number of pyridine rings is 1. The molecule has 1 fully saturated rings. The van der Waals surface area contributed by atoms with Gasteiger partial charge in [-0.05, 0) is 51.9 Å². The highest BCUT2D eigenvalue weighted by Crippen LogP contribution is 2.19. The van der Waals surface area contributed by atoms with Crippen LogP contribution in [0.5, 0.6) is 0 Å². The molecule has 0 aromatic carbocycles. The Morgan fingerprint density at radius 2 is 2.10 bits per heavy atom. The van der Waals surface area contributed by atoms with E-state index < -0.39 is 0 Å². The lowest BCUT2D eigenvalue weighted by Gasteiger charge is -2.33. The molecule has 116 valence electrons. The first kappa shape index (κ1) is 15.8. The van der Waals surface area contributed by atoms with E-state index in [9.17, 15) is 4.79 Å². The van der Waals surface area contributed by atoms with E-state index in [1.165, 1.54) is 0 Å². The van der Waals surface area contributed by atoms with Gasteiger partial charge in [0, 0.05) is 26.2 Å². The first-order chi connectivity index (χ1) is 10.1. The van der Waals surface area contributed by atoms with Crippen LogP contribution in [0.15, 0.2) is 18.2 Å². The van der Waals surface area contributed by atoms with E-state index >= 15 is 0 Å². The van der Waals surface area contributed by atoms with Crippen LogP contribution < -0.4 is 5.32 Å². The molecular weight excluding hydrogens is 264 g/mol. The Morgan fingerprint density at radius 3 is 2.71 bits per heavy atom. The summed E-state index contributed by atoms with van der Waals surface area (Å²) in [5, 5.41) is 3.15. The highest BCUT2D eigenvalue weighted by molar-refractivity contribution is 5.92. The summed E-state index contributed by atoms with van der Waals surface area (Å²) in [5.74, 6) is 1.52. The van der Waals surface area contributed by atoms with Crippen LogP contribution in [0, 0.1) is 5.92 Å². The van der Waals surface area contributed by atoms with Crippen LogP contribution in [0.25, 0.3) is 0 Å². The molecule has 2 rings (SSSR count). The van der Waals surface area contributed by atoms with Gasteiger partial charge in [-0.3, -0.25) is 4.79 Å². The molecular formula is C16H26N4O. The molecule has 0 radical (unpaired) electrons. The maximum atomic E-state index is 12.5. The van der Waals surface area contributed by atoms with Gasteiger partial charge in [-0.2, -0.15) is 0 Å². The lowest BCUT2D eigenvalue weighted by Crippen LogP contribution is -2.41. The fourth-order valence-electron chi connectivity index (χ4n) is 2.83. The first-order valence-electron chi connectivity index (χ1n) is 7.75. The summed E-state index contributed by atoms with van der Waals surface area (Å²) < 4.78 is 0. The van der Waals surface area contributed by atoms with Crippen LogP contribution in [-0.2, 0) is 0 Å². The second-order valence-corrected chi connectivity index (χ2v) is 5.94. The third kappa shape index (κ3) is 4.43. The van der Waals surface area contributed by atoms with Crippen molar-refractivity contribution >= 4 is 11.7 Å². The smallest absolute Gasteiger partial charge is 0.272 e. The molecule has 1 aromatic heterocycles. The summed E-state index contributed by atoms with van der Waals surface area (Å²) in [6.45, 7) is 5.61. The van der Waals surface area contributed by atoms with Crippen molar-refractivity contribution in [3.8, 4) is 0 Å². The number of nitrogens with zero attached hydrogens (tertiary/aromatic N) is 3. The van der Waals surface area contributed by atoms with Gasteiger partial charge in [0.1, 0.15) is 11.5 Å². The molecule has 1 amide bonds. The maximum Gasteiger partial charge on any atom is 0.272 e. The number of hydrogen-bond acceptors (Lipinski definition) is 4. The third-order valence-corrected chi connectivity index (χ3v) is 3.85. The number of piperidine rings is 1.